The van der Waals surface area contributed by atoms with E-state index >= 15 is 0 Å². The standard InChI is InChI=1S/C13H17N3S/c1-8-5-13(15-7-14-8)16-10(3)12-6-9(2)17-11(12)4/h5-7,10H,1-4H3,(H,14,15,16). The Morgan fingerprint density at radius 2 is 1.94 bits per heavy atom. The minimum Gasteiger partial charge on any atom is -0.363 e. The van der Waals surface area contributed by atoms with Gasteiger partial charge in [-0.05, 0) is 39.3 Å². The molecule has 2 aromatic heterocycles. The molecule has 4 heteroatoms. The lowest BCUT2D eigenvalue weighted by Crippen LogP contribution is -2.08. The summed E-state index contributed by atoms with van der Waals surface area (Å²) in [6.45, 7) is 8.43. The van der Waals surface area contributed by atoms with Crippen LogP contribution in [0.3, 0.4) is 0 Å². The highest BCUT2D eigenvalue weighted by atomic mass is 32.1. The average Bonchev–Trinajstić information content (AvgIpc) is 2.58. The second-order valence-corrected chi connectivity index (χ2v) is 5.74. The van der Waals surface area contributed by atoms with E-state index in [0.717, 1.165) is 11.5 Å². The van der Waals surface area contributed by atoms with Crippen LogP contribution in [-0.2, 0) is 0 Å². The van der Waals surface area contributed by atoms with Gasteiger partial charge in [0.2, 0.25) is 0 Å². The molecule has 90 valence electrons. The lowest BCUT2D eigenvalue weighted by molar-refractivity contribution is 0.867. The average molecular weight is 247 g/mol. The van der Waals surface area contributed by atoms with E-state index in [0.29, 0.717) is 0 Å². The van der Waals surface area contributed by atoms with Gasteiger partial charge in [-0.3, -0.25) is 0 Å². The van der Waals surface area contributed by atoms with E-state index in [1.165, 1.54) is 15.3 Å². The minimum absolute atomic E-state index is 0.272. The molecule has 0 spiro atoms. The van der Waals surface area contributed by atoms with Crippen LogP contribution in [0.2, 0.25) is 0 Å². The third-order valence-electron chi connectivity index (χ3n) is 2.71. The van der Waals surface area contributed by atoms with Crippen molar-refractivity contribution in [1.29, 1.82) is 0 Å². The van der Waals surface area contributed by atoms with Crippen LogP contribution in [0.1, 0.15) is 34.0 Å². The number of nitrogens with one attached hydrogen (secondary N) is 1. The Kier molecular flexibility index (Phi) is 3.43. The molecule has 1 unspecified atom stereocenters. The molecule has 0 aliphatic heterocycles. The SMILES string of the molecule is Cc1cc(NC(C)c2cc(C)sc2C)ncn1. The van der Waals surface area contributed by atoms with Gasteiger partial charge in [0, 0.05) is 21.5 Å². The first-order valence-corrected chi connectivity index (χ1v) is 6.50. The normalized spacial score (nSPS) is 12.5. The molecule has 3 nitrogen and oxygen atoms in total. The van der Waals surface area contributed by atoms with Gasteiger partial charge < -0.3 is 5.32 Å². The summed E-state index contributed by atoms with van der Waals surface area (Å²) >= 11 is 1.84. The quantitative estimate of drug-likeness (QED) is 0.900. The third kappa shape index (κ3) is 2.82. The Balaban J connectivity index is 2.16. The van der Waals surface area contributed by atoms with Gasteiger partial charge in [-0.1, -0.05) is 0 Å². The fourth-order valence-corrected chi connectivity index (χ4v) is 2.94. The van der Waals surface area contributed by atoms with Gasteiger partial charge in [-0.15, -0.1) is 11.3 Å². The van der Waals surface area contributed by atoms with Gasteiger partial charge in [0.25, 0.3) is 0 Å². The van der Waals surface area contributed by atoms with Crippen molar-refractivity contribution in [3.8, 4) is 0 Å². The van der Waals surface area contributed by atoms with E-state index in [9.17, 15) is 0 Å². The topological polar surface area (TPSA) is 37.8 Å². The zero-order valence-electron chi connectivity index (χ0n) is 10.6. The summed E-state index contributed by atoms with van der Waals surface area (Å²) in [5, 5.41) is 3.41. The van der Waals surface area contributed by atoms with Crippen LogP contribution in [-0.4, -0.2) is 9.97 Å². The number of hydrogen-bond acceptors (Lipinski definition) is 4. The van der Waals surface area contributed by atoms with Crippen molar-refractivity contribution in [3.63, 3.8) is 0 Å². The summed E-state index contributed by atoms with van der Waals surface area (Å²) < 4.78 is 0. The smallest absolute Gasteiger partial charge is 0.130 e. The van der Waals surface area contributed by atoms with Gasteiger partial charge in [-0.25, -0.2) is 9.97 Å². The highest BCUT2D eigenvalue weighted by Crippen LogP contribution is 2.28. The molecule has 17 heavy (non-hydrogen) atoms. The molecular weight excluding hydrogens is 230 g/mol. The Bertz CT molecular complexity index is 519. The number of aromatic nitrogens is 2. The molecule has 0 amide bonds. The van der Waals surface area contributed by atoms with Crippen molar-refractivity contribution in [2.75, 3.05) is 5.32 Å². The summed E-state index contributed by atoms with van der Waals surface area (Å²) in [6, 6.07) is 4.48. The van der Waals surface area contributed by atoms with E-state index in [1.54, 1.807) is 6.33 Å². The van der Waals surface area contributed by atoms with Crippen LogP contribution >= 0.6 is 11.3 Å². The maximum Gasteiger partial charge on any atom is 0.130 e. The Morgan fingerprint density at radius 1 is 1.18 bits per heavy atom. The number of aryl methyl sites for hydroxylation is 3. The summed E-state index contributed by atoms with van der Waals surface area (Å²) in [5.41, 5.74) is 2.33. The lowest BCUT2D eigenvalue weighted by atomic mass is 10.1. The number of rotatable bonds is 3. The predicted octanol–water partition coefficient (Wildman–Crippen LogP) is 3.64. The van der Waals surface area contributed by atoms with E-state index in [1.807, 2.05) is 24.3 Å². The number of hydrogen-bond donors (Lipinski definition) is 1. The zero-order chi connectivity index (χ0) is 12.4. The third-order valence-corrected chi connectivity index (χ3v) is 3.70. The maximum absolute atomic E-state index is 4.22. The van der Waals surface area contributed by atoms with E-state index in [4.69, 9.17) is 0 Å². The first-order valence-electron chi connectivity index (χ1n) is 5.68. The van der Waals surface area contributed by atoms with Gasteiger partial charge in [-0.2, -0.15) is 0 Å². The van der Waals surface area contributed by atoms with Crippen LogP contribution in [0.4, 0.5) is 5.82 Å². The Hall–Kier alpha value is -1.42. The molecule has 0 aliphatic rings. The highest BCUT2D eigenvalue weighted by molar-refractivity contribution is 7.12. The maximum atomic E-state index is 4.22. The fraction of sp³-hybridized carbons (Fsp3) is 0.385. The van der Waals surface area contributed by atoms with E-state index < -0.39 is 0 Å². The molecule has 1 atom stereocenters. The van der Waals surface area contributed by atoms with Crippen LogP contribution in [0, 0.1) is 20.8 Å². The predicted molar refractivity (Wildman–Crippen MR) is 72.6 cm³/mol. The van der Waals surface area contributed by atoms with Crippen LogP contribution < -0.4 is 5.32 Å². The van der Waals surface area contributed by atoms with Crippen molar-refractivity contribution in [2.45, 2.75) is 33.7 Å². The van der Waals surface area contributed by atoms with Crippen molar-refractivity contribution in [3.05, 3.63) is 39.5 Å². The molecule has 2 aromatic rings. The Labute approximate surface area is 106 Å². The number of anilines is 1. The van der Waals surface area contributed by atoms with Gasteiger partial charge >= 0.3 is 0 Å². The number of thiophene rings is 1. The second kappa shape index (κ2) is 4.84. The molecule has 0 fully saturated rings. The monoisotopic (exact) mass is 247 g/mol. The zero-order valence-corrected chi connectivity index (χ0v) is 11.4. The fourth-order valence-electron chi connectivity index (χ4n) is 1.91. The summed E-state index contributed by atoms with van der Waals surface area (Å²) in [5.74, 6) is 0.883. The second-order valence-electron chi connectivity index (χ2n) is 4.28. The number of nitrogens with zero attached hydrogens (tertiary/aromatic N) is 2. The first kappa shape index (κ1) is 12.0. The van der Waals surface area contributed by atoms with Gasteiger partial charge in [0.05, 0.1) is 6.04 Å². The van der Waals surface area contributed by atoms with Crippen molar-refractivity contribution in [1.82, 2.24) is 9.97 Å². The van der Waals surface area contributed by atoms with Crippen LogP contribution in [0.15, 0.2) is 18.5 Å². The van der Waals surface area contributed by atoms with Crippen molar-refractivity contribution < 1.29 is 0 Å². The molecule has 2 heterocycles. The molecule has 0 bridgehead atoms. The molecule has 2 rings (SSSR count). The lowest BCUT2D eigenvalue weighted by Gasteiger charge is -2.14. The Morgan fingerprint density at radius 3 is 2.53 bits per heavy atom. The highest BCUT2D eigenvalue weighted by Gasteiger charge is 2.11. The van der Waals surface area contributed by atoms with Gasteiger partial charge in [0.1, 0.15) is 12.1 Å². The summed E-state index contributed by atoms with van der Waals surface area (Å²) in [7, 11) is 0. The molecule has 0 aliphatic carbocycles. The largest absolute Gasteiger partial charge is 0.363 e. The minimum atomic E-state index is 0.272. The first-order chi connectivity index (χ1) is 8.06. The van der Waals surface area contributed by atoms with Crippen molar-refractivity contribution in [2.24, 2.45) is 0 Å². The van der Waals surface area contributed by atoms with E-state index in [-0.39, 0.29) is 6.04 Å². The molecule has 0 saturated carbocycles. The van der Waals surface area contributed by atoms with Crippen LogP contribution in [0.25, 0.3) is 0 Å². The molecule has 0 aromatic carbocycles. The van der Waals surface area contributed by atoms with E-state index in [2.05, 4.69) is 42.1 Å². The van der Waals surface area contributed by atoms with Gasteiger partial charge in [0.15, 0.2) is 0 Å². The van der Waals surface area contributed by atoms with Crippen molar-refractivity contribution >= 4 is 17.2 Å². The van der Waals surface area contributed by atoms with Crippen LogP contribution in [0.5, 0.6) is 0 Å². The summed E-state index contributed by atoms with van der Waals surface area (Å²) in [4.78, 5) is 11.0. The molecular formula is C13H17N3S. The molecule has 1 N–H and O–H groups in total. The molecule has 0 saturated heterocycles. The molecule has 0 radical (unpaired) electrons. The summed E-state index contributed by atoms with van der Waals surface area (Å²) in [6.07, 6.45) is 1.59.